The summed E-state index contributed by atoms with van der Waals surface area (Å²) in [4.78, 5) is 23.9. The van der Waals surface area contributed by atoms with E-state index in [0.717, 1.165) is 0 Å². The number of hydrogen-bond acceptors (Lipinski definition) is 6. The summed E-state index contributed by atoms with van der Waals surface area (Å²) in [6.45, 7) is 0.147. The van der Waals surface area contributed by atoms with Crippen molar-refractivity contribution >= 4 is 17.9 Å². The Labute approximate surface area is 130 Å². The van der Waals surface area contributed by atoms with Gasteiger partial charge in [-0.25, -0.2) is 5.84 Å². The first kappa shape index (κ1) is 14.7. The summed E-state index contributed by atoms with van der Waals surface area (Å²) in [6, 6.07) is 8.16. The Morgan fingerprint density at radius 1 is 1.17 bits per heavy atom. The van der Waals surface area contributed by atoms with Crippen molar-refractivity contribution in [3.8, 4) is 11.5 Å². The average Bonchev–Trinajstić information content (AvgIpc) is 3.24. The van der Waals surface area contributed by atoms with Crippen molar-refractivity contribution in [3.05, 3.63) is 53.6 Å². The predicted octanol–water partition coefficient (Wildman–Crippen LogP) is 0.769. The van der Waals surface area contributed by atoms with E-state index in [1.54, 1.807) is 24.3 Å². The molecular formula is C15H13N3O5. The van der Waals surface area contributed by atoms with Crippen LogP contribution in [0.5, 0.6) is 11.5 Å². The van der Waals surface area contributed by atoms with Crippen molar-refractivity contribution in [2.45, 2.75) is 0 Å². The molecule has 23 heavy (non-hydrogen) atoms. The number of fused-ring (bicyclic) bond motifs is 1. The van der Waals surface area contributed by atoms with Crippen LogP contribution in [-0.2, 0) is 4.79 Å². The number of benzene rings is 1. The van der Waals surface area contributed by atoms with E-state index < -0.39 is 11.8 Å². The molecule has 0 saturated carbocycles. The van der Waals surface area contributed by atoms with Crippen LogP contribution in [0, 0.1) is 0 Å². The number of amides is 2. The van der Waals surface area contributed by atoms with Gasteiger partial charge in [0, 0.05) is 0 Å². The van der Waals surface area contributed by atoms with Gasteiger partial charge in [-0.1, -0.05) is 6.07 Å². The van der Waals surface area contributed by atoms with Crippen molar-refractivity contribution in [2.75, 3.05) is 6.79 Å². The largest absolute Gasteiger partial charge is 0.459 e. The molecular weight excluding hydrogens is 302 g/mol. The van der Waals surface area contributed by atoms with Gasteiger partial charge in [0.2, 0.25) is 6.79 Å². The van der Waals surface area contributed by atoms with E-state index in [0.29, 0.717) is 17.1 Å². The van der Waals surface area contributed by atoms with Gasteiger partial charge in [0.1, 0.15) is 5.70 Å². The second-order valence-corrected chi connectivity index (χ2v) is 4.58. The summed E-state index contributed by atoms with van der Waals surface area (Å²) in [5.74, 6) is 5.19. The highest BCUT2D eigenvalue weighted by Crippen LogP contribution is 2.33. The molecule has 1 aromatic carbocycles. The third-order valence-corrected chi connectivity index (χ3v) is 3.08. The van der Waals surface area contributed by atoms with Gasteiger partial charge in [0.05, 0.1) is 6.26 Å². The zero-order valence-corrected chi connectivity index (χ0v) is 11.9. The fraction of sp³-hybridized carbons (Fsp3) is 0.0667. The highest BCUT2D eigenvalue weighted by Gasteiger charge is 2.17. The Bertz CT molecular complexity index is 767. The second-order valence-electron chi connectivity index (χ2n) is 4.58. The Hall–Kier alpha value is -3.26. The standard InChI is InChI=1S/C15H13N3O5/c16-18-14(19)10(17-15(20)12-2-1-5-21-12)6-9-3-4-11-13(7-9)23-8-22-11/h1-7H,8,16H2,(H,17,20)(H,18,19)/b10-6+. The highest BCUT2D eigenvalue weighted by atomic mass is 16.7. The third kappa shape index (κ3) is 3.16. The maximum absolute atomic E-state index is 12.0. The third-order valence-electron chi connectivity index (χ3n) is 3.08. The number of carbonyl (C=O) groups excluding carboxylic acids is 2. The summed E-state index contributed by atoms with van der Waals surface area (Å²) in [6.07, 6.45) is 2.82. The molecule has 1 aliphatic heterocycles. The lowest BCUT2D eigenvalue weighted by atomic mass is 10.1. The Morgan fingerprint density at radius 3 is 2.74 bits per heavy atom. The van der Waals surface area contributed by atoms with E-state index in [-0.39, 0.29) is 18.3 Å². The number of hydrogen-bond donors (Lipinski definition) is 3. The molecule has 0 spiro atoms. The Kier molecular flexibility index (Phi) is 3.98. The molecule has 8 nitrogen and oxygen atoms in total. The lowest BCUT2D eigenvalue weighted by Gasteiger charge is -2.08. The number of nitrogens with one attached hydrogen (secondary N) is 2. The lowest BCUT2D eigenvalue weighted by Crippen LogP contribution is -2.38. The molecule has 2 aromatic rings. The molecule has 0 fully saturated rings. The van der Waals surface area contributed by atoms with Gasteiger partial charge in [0.25, 0.3) is 11.8 Å². The summed E-state index contributed by atoms with van der Waals surface area (Å²) < 4.78 is 15.5. The number of rotatable bonds is 4. The van der Waals surface area contributed by atoms with Gasteiger partial charge in [-0.05, 0) is 35.9 Å². The van der Waals surface area contributed by atoms with Gasteiger partial charge < -0.3 is 19.2 Å². The summed E-state index contributed by atoms with van der Waals surface area (Å²) in [7, 11) is 0. The molecule has 0 saturated heterocycles. The summed E-state index contributed by atoms with van der Waals surface area (Å²) >= 11 is 0. The van der Waals surface area contributed by atoms with Crippen LogP contribution >= 0.6 is 0 Å². The molecule has 3 rings (SSSR count). The molecule has 0 aliphatic carbocycles. The Morgan fingerprint density at radius 2 is 2.00 bits per heavy atom. The fourth-order valence-corrected chi connectivity index (χ4v) is 2.00. The van der Waals surface area contributed by atoms with Crippen LogP contribution in [0.4, 0.5) is 0 Å². The first-order chi connectivity index (χ1) is 11.2. The molecule has 8 heteroatoms. The van der Waals surface area contributed by atoms with Crippen LogP contribution in [0.25, 0.3) is 6.08 Å². The van der Waals surface area contributed by atoms with Gasteiger partial charge in [-0.3, -0.25) is 15.0 Å². The maximum Gasteiger partial charge on any atom is 0.291 e. The molecule has 2 heterocycles. The molecule has 0 unspecified atom stereocenters. The minimum atomic E-state index is -0.650. The maximum atomic E-state index is 12.0. The zero-order valence-electron chi connectivity index (χ0n) is 11.9. The van der Waals surface area contributed by atoms with E-state index in [1.807, 2.05) is 5.43 Å². The zero-order chi connectivity index (χ0) is 16.2. The van der Waals surface area contributed by atoms with Crippen LogP contribution in [0.1, 0.15) is 16.1 Å². The van der Waals surface area contributed by atoms with E-state index in [4.69, 9.17) is 19.7 Å². The number of nitrogens with two attached hydrogens (primary N) is 1. The first-order valence-corrected chi connectivity index (χ1v) is 6.64. The molecule has 0 radical (unpaired) electrons. The first-order valence-electron chi connectivity index (χ1n) is 6.64. The number of furan rings is 1. The van der Waals surface area contributed by atoms with Gasteiger partial charge in [0.15, 0.2) is 17.3 Å². The van der Waals surface area contributed by atoms with Gasteiger partial charge in [-0.15, -0.1) is 0 Å². The van der Waals surface area contributed by atoms with Crippen LogP contribution in [0.15, 0.2) is 46.7 Å². The molecule has 4 N–H and O–H groups in total. The van der Waals surface area contributed by atoms with Crippen LogP contribution in [0.3, 0.4) is 0 Å². The predicted molar refractivity (Wildman–Crippen MR) is 79.0 cm³/mol. The van der Waals surface area contributed by atoms with E-state index in [2.05, 4.69) is 5.32 Å². The lowest BCUT2D eigenvalue weighted by molar-refractivity contribution is -0.117. The minimum absolute atomic E-state index is 0.0345. The van der Waals surface area contributed by atoms with Crippen LogP contribution in [-0.4, -0.2) is 18.6 Å². The SMILES string of the molecule is NNC(=O)/C(=C\c1ccc2c(c1)OCO2)NC(=O)c1ccco1. The fourth-order valence-electron chi connectivity index (χ4n) is 2.00. The normalized spacial score (nSPS) is 12.8. The van der Waals surface area contributed by atoms with Crippen LogP contribution in [0.2, 0.25) is 0 Å². The van der Waals surface area contributed by atoms with Crippen molar-refractivity contribution < 1.29 is 23.5 Å². The molecule has 1 aliphatic rings. The van der Waals surface area contributed by atoms with Crippen LogP contribution < -0.4 is 26.1 Å². The van der Waals surface area contributed by atoms with Gasteiger partial charge >= 0.3 is 0 Å². The van der Waals surface area contributed by atoms with Crippen molar-refractivity contribution in [1.29, 1.82) is 0 Å². The molecule has 0 bridgehead atoms. The van der Waals surface area contributed by atoms with Crippen molar-refractivity contribution in [3.63, 3.8) is 0 Å². The average molecular weight is 315 g/mol. The molecule has 0 atom stereocenters. The molecule has 118 valence electrons. The van der Waals surface area contributed by atoms with Crippen molar-refractivity contribution in [2.24, 2.45) is 5.84 Å². The second kappa shape index (κ2) is 6.24. The van der Waals surface area contributed by atoms with Crippen molar-refractivity contribution in [1.82, 2.24) is 10.7 Å². The number of hydrazine groups is 1. The van der Waals surface area contributed by atoms with E-state index in [1.165, 1.54) is 18.4 Å². The quantitative estimate of drug-likeness (QED) is 0.332. The summed E-state index contributed by atoms with van der Waals surface area (Å²) in [5, 5.41) is 2.45. The smallest absolute Gasteiger partial charge is 0.291 e. The van der Waals surface area contributed by atoms with E-state index >= 15 is 0 Å². The number of ether oxygens (including phenoxy) is 2. The van der Waals surface area contributed by atoms with E-state index in [9.17, 15) is 9.59 Å². The highest BCUT2D eigenvalue weighted by molar-refractivity contribution is 6.04. The summed E-state index contributed by atoms with van der Waals surface area (Å²) in [5.41, 5.74) is 2.58. The molecule has 2 amide bonds. The minimum Gasteiger partial charge on any atom is -0.459 e. The number of carbonyl (C=O) groups is 2. The van der Waals surface area contributed by atoms with Gasteiger partial charge in [-0.2, -0.15) is 0 Å². The Balaban J connectivity index is 1.86. The monoisotopic (exact) mass is 315 g/mol. The topological polar surface area (TPSA) is 116 Å². The molecule has 1 aromatic heterocycles.